The Morgan fingerprint density at radius 1 is 1.06 bits per heavy atom. The van der Waals surface area contributed by atoms with Crippen LogP contribution in [0.25, 0.3) is 16.7 Å². The second kappa shape index (κ2) is 3.59. The third-order valence-electron chi connectivity index (χ3n) is 2.82. The summed E-state index contributed by atoms with van der Waals surface area (Å²) in [6.45, 7) is 2.07. The lowest BCUT2D eigenvalue weighted by atomic mass is 10.2. The van der Waals surface area contributed by atoms with E-state index in [1.54, 1.807) is 0 Å². The van der Waals surface area contributed by atoms with Crippen LogP contribution in [0.3, 0.4) is 0 Å². The molecule has 2 heterocycles. The first-order valence-electron chi connectivity index (χ1n) is 5.40. The first-order valence-corrected chi connectivity index (χ1v) is 5.40. The molecule has 0 saturated heterocycles. The standard InChI is InChI=1S/C13H12N4/c1-9-2-4-10(5-3-9)17-7-6-11-12(14)15-8-16-13(11)17/h2-8H,1H3,(H2,14,15,16). The highest BCUT2D eigenvalue weighted by Crippen LogP contribution is 2.21. The van der Waals surface area contributed by atoms with Crippen molar-refractivity contribution in [3.8, 4) is 5.69 Å². The van der Waals surface area contributed by atoms with Crippen LogP contribution < -0.4 is 5.73 Å². The third kappa shape index (κ3) is 1.54. The highest BCUT2D eigenvalue weighted by molar-refractivity contribution is 5.87. The lowest BCUT2D eigenvalue weighted by Gasteiger charge is -2.05. The SMILES string of the molecule is Cc1ccc(-n2ccc3c(N)ncnc32)cc1. The molecule has 0 radical (unpaired) electrons. The van der Waals surface area contributed by atoms with Gasteiger partial charge < -0.3 is 10.3 Å². The maximum Gasteiger partial charge on any atom is 0.150 e. The number of hydrogen-bond donors (Lipinski definition) is 1. The summed E-state index contributed by atoms with van der Waals surface area (Å²) in [5.41, 5.74) is 8.95. The number of nitrogens with zero attached hydrogens (tertiary/aromatic N) is 3. The Labute approximate surface area is 98.7 Å². The second-order valence-electron chi connectivity index (χ2n) is 4.02. The molecule has 0 spiro atoms. The van der Waals surface area contributed by atoms with Gasteiger partial charge in [0.15, 0.2) is 0 Å². The number of benzene rings is 1. The van der Waals surface area contributed by atoms with Gasteiger partial charge in [0, 0.05) is 11.9 Å². The first kappa shape index (κ1) is 9.84. The van der Waals surface area contributed by atoms with E-state index in [1.807, 2.05) is 16.8 Å². The summed E-state index contributed by atoms with van der Waals surface area (Å²) in [5.74, 6) is 0.515. The zero-order valence-corrected chi connectivity index (χ0v) is 9.46. The smallest absolute Gasteiger partial charge is 0.150 e. The van der Waals surface area contributed by atoms with Crippen molar-refractivity contribution in [3.05, 3.63) is 48.4 Å². The molecule has 2 aromatic heterocycles. The van der Waals surface area contributed by atoms with E-state index in [-0.39, 0.29) is 0 Å². The van der Waals surface area contributed by atoms with Gasteiger partial charge in [-0.25, -0.2) is 9.97 Å². The van der Waals surface area contributed by atoms with Crippen LogP contribution in [0.5, 0.6) is 0 Å². The fourth-order valence-corrected chi connectivity index (χ4v) is 1.88. The van der Waals surface area contributed by atoms with Crippen molar-refractivity contribution in [2.75, 3.05) is 5.73 Å². The number of hydrogen-bond acceptors (Lipinski definition) is 3. The van der Waals surface area contributed by atoms with Crippen molar-refractivity contribution in [2.45, 2.75) is 6.92 Å². The highest BCUT2D eigenvalue weighted by atomic mass is 15.1. The van der Waals surface area contributed by atoms with Gasteiger partial charge in [-0.2, -0.15) is 0 Å². The number of nitrogen functional groups attached to an aromatic ring is 1. The molecule has 1 aromatic carbocycles. The molecule has 0 unspecified atom stereocenters. The maximum absolute atomic E-state index is 5.81. The van der Waals surface area contributed by atoms with Crippen LogP contribution in [0.15, 0.2) is 42.9 Å². The van der Waals surface area contributed by atoms with Gasteiger partial charge in [-0.1, -0.05) is 17.7 Å². The molecule has 0 bridgehead atoms. The Balaban J connectivity index is 2.24. The van der Waals surface area contributed by atoms with E-state index in [2.05, 4.69) is 41.2 Å². The molecule has 0 aliphatic rings. The molecule has 2 N–H and O–H groups in total. The Bertz CT molecular complexity index is 667. The van der Waals surface area contributed by atoms with E-state index in [9.17, 15) is 0 Å². The summed E-state index contributed by atoms with van der Waals surface area (Å²) in [4.78, 5) is 8.25. The van der Waals surface area contributed by atoms with Crippen LogP contribution in [-0.2, 0) is 0 Å². The Morgan fingerprint density at radius 2 is 1.82 bits per heavy atom. The fourth-order valence-electron chi connectivity index (χ4n) is 1.88. The van der Waals surface area contributed by atoms with Gasteiger partial charge in [0.2, 0.25) is 0 Å². The Morgan fingerprint density at radius 3 is 2.59 bits per heavy atom. The Kier molecular flexibility index (Phi) is 2.08. The van der Waals surface area contributed by atoms with Crippen molar-refractivity contribution in [1.29, 1.82) is 0 Å². The Hall–Kier alpha value is -2.36. The number of nitrogens with two attached hydrogens (primary N) is 1. The van der Waals surface area contributed by atoms with E-state index in [4.69, 9.17) is 5.73 Å². The molecule has 84 valence electrons. The van der Waals surface area contributed by atoms with E-state index >= 15 is 0 Å². The first-order chi connectivity index (χ1) is 8.25. The van der Waals surface area contributed by atoms with Crippen LogP contribution in [0.2, 0.25) is 0 Å². The van der Waals surface area contributed by atoms with Crippen LogP contribution >= 0.6 is 0 Å². The van der Waals surface area contributed by atoms with Crippen molar-refractivity contribution >= 4 is 16.9 Å². The molecule has 0 saturated carbocycles. The molecule has 3 rings (SSSR count). The highest BCUT2D eigenvalue weighted by Gasteiger charge is 2.06. The van der Waals surface area contributed by atoms with E-state index < -0.39 is 0 Å². The third-order valence-corrected chi connectivity index (χ3v) is 2.82. The van der Waals surface area contributed by atoms with Gasteiger partial charge in [0.1, 0.15) is 17.8 Å². The minimum absolute atomic E-state index is 0.515. The topological polar surface area (TPSA) is 56.7 Å². The molecule has 4 nitrogen and oxygen atoms in total. The number of rotatable bonds is 1. The lowest BCUT2D eigenvalue weighted by molar-refractivity contribution is 1.07. The van der Waals surface area contributed by atoms with Gasteiger partial charge in [0.05, 0.1) is 5.39 Å². The van der Waals surface area contributed by atoms with Crippen molar-refractivity contribution < 1.29 is 0 Å². The summed E-state index contributed by atoms with van der Waals surface area (Å²) in [6.07, 6.45) is 3.45. The van der Waals surface area contributed by atoms with Gasteiger partial charge >= 0.3 is 0 Å². The molecule has 0 aliphatic heterocycles. The van der Waals surface area contributed by atoms with Gasteiger partial charge in [-0.05, 0) is 25.1 Å². The molecule has 4 heteroatoms. The van der Waals surface area contributed by atoms with Crippen molar-refractivity contribution in [3.63, 3.8) is 0 Å². The predicted octanol–water partition coefficient (Wildman–Crippen LogP) is 2.31. The quantitative estimate of drug-likeness (QED) is 0.690. The summed E-state index contributed by atoms with van der Waals surface area (Å²) < 4.78 is 2.01. The number of aryl methyl sites for hydroxylation is 1. The molecule has 17 heavy (non-hydrogen) atoms. The van der Waals surface area contributed by atoms with Crippen LogP contribution in [0.1, 0.15) is 5.56 Å². The second-order valence-corrected chi connectivity index (χ2v) is 4.02. The molecule has 0 aliphatic carbocycles. The predicted molar refractivity (Wildman–Crippen MR) is 68.0 cm³/mol. The molecule has 0 fully saturated rings. The molecular weight excluding hydrogens is 212 g/mol. The normalized spacial score (nSPS) is 10.9. The van der Waals surface area contributed by atoms with Crippen molar-refractivity contribution in [2.24, 2.45) is 0 Å². The summed E-state index contributed by atoms with van der Waals surface area (Å²) in [5, 5.41) is 0.882. The lowest BCUT2D eigenvalue weighted by Crippen LogP contribution is -1.96. The van der Waals surface area contributed by atoms with Crippen LogP contribution in [0, 0.1) is 6.92 Å². The molecule has 0 amide bonds. The minimum Gasteiger partial charge on any atom is -0.383 e. The maximum atomic E-state index is 5.81. The summed E-state index contributed by atoms with van der Waals surface area (Å²) in [7, 11) is 0. The van der Waals surface area contributed by atoms with Gasteiger partial charge in [-0.3, -0.25) is 0 Å². The monoisotopic (exact) mass is 224 g/mol. The van der Waals surface area contributed by atoms with Crippen LogP contribution in [-0.4, -0.2) is 14.5 Å². The van der Waals surface area contributed by atoms with E-state index in [0.717, 1.165) is 16.7 Å². The van der Waals surface area contributed by atoms with Gasteiger partial charge in [-0.15, -0.1) is 0 Å². The number of anilines is 1. The molecule has 0 atom stereocenters. The largest absolute Gasteiger partial charge is 0.383 e. The van der Waals surface area contributed by atoms with E-state index in [1.165, 1.54) is 11.9 Å². The van der Waals surface area contributed by atoms with Gasteiger partial charge in [0.25, 0.3) is 0 Å². The zero-order valence-electron chi connectivity index (χ0n) is 9.46. The number of aromatic nitrogens is 3. The fraction of sp³-hybridized carbons (Fsp3) is 0.0769. The molecular formula is C13H12N4. The average Bonchev–Trinajstić information content (AvgIpc) is 2.75. The molecule has 3 aromatic rings. The minimum atomic E-state index is 0.515. The average molecular weight is 224 g/mol. The van der Waals surface area contributed by atoms with Crippen LogP contribution in [0.4, 0.5) is 5.82 Å². The summed E-state index contributed by atoms with van der Waals surface area (Å²) >= 11 is 0. The van der Waals surface area contributed by atoms with E-state index in [0.29, 0.717) is 5.82 Å². The summed E-state index contributed by atoms with van der Waals surface area (Å²) in [6, 6.07) is 10.2. The number of fused-ring (bicyclic) bond motifs is 1. The van der Waals surface area contributed by atoms with Crippen molar-refractivity contribution in [1.82, 2.24) is 14.5 Å². The zero-order chi connectivity index (χ0) is 11.8.